The van der Waals surface area contributed by atoms with Crippen molar-refractivity contribution in [2.24, 2.45) is 0 Å². The summed E-state index contributed by atoms with van der Waals surface area (Å²) in [6, 6.07) is 10.6. The van der Waals surface area contributed by atoms with Gasteiger partial charge >= 0.3 is 5.97 Å². The largest absolute Gasteiger partial charge is 0.489 e. The Bertz CT molecular complexity index is 1100. The molecule has 3 atom stereocenters. The Hall–Kier alpha value is -3.29. The van der Waals surface area contributed by atoms with Crippen LogP contribution in [0.25, 0.3) is 0 Å². The third kappa shape index (κ3) is 7.10. The highest BCUT2D eigenvalue weighted by molar-refractivity contribution is 6.35. The first-order valence-electron chi connectivity index (χ1n) is 10.4. The number of ether oxygens (including phenoxy) is 3. The molecule has 3 rings (SSSR count). The molecule has 0 radical (unpaired) electrons. The maximum absolute atomic E-state index is 12.6. The Kier molecular flexibility index (Phi) is 9.34. The summed E-state index contributed by atoms with van der Waals surface area (Å²) in [5.74, 6) is 0.105. The van der Waals surface area contributed by atoms with Gasteiger partial charge in [0.15, 0.2) is 12.2 Å². The lowest BCUT2D eigenvalue weighted by atomic mass is 10.0. The molecule has 1 saturated heterocycles. The maximum atomic E-state index is 12.6. The predicted octanol–water partition coefficient (Wildman–Crippen LogP) is 2.18. The number of terminal acetylenes is 1. The van der Waals surface area contributed by atoms with Crippen molar-refractivity contribution in [1.29, 1.82) is 0 Å². The van der Waals surface area contributed by atoms with Crippen molar-refractivity contribution in [3.63, 3.8) is 0 Å². The number of carboxylic acid groups (broad SMARTS) is 1. The molecule has 1 heterocycles. The molecule has 1 aliphatic heterocycles. The zero-order valence-corrected chi connectivity index (χ0v) is 19.8. The van der Waals surface area contributed by atoms with E-state index in [1.54, 1.807) is 42.5 Å². The van der Waals surface area contributed by atoms with Crippen LogP contribution < -0.4 is 15.4 Å². The molecular weight excluding hydrogens is 499 g/mol. The van der Waals surface area contributed by atoms with E-state index in [0.717, 1.165) is 0 Å². The van der Waals surface area contributed by atoms with Crippen LogP contribution in [-0.2, 0) is 36.9 Å². The van der Waals surface area contributed by atoms with Crippen molar-refractivity contribution < 1.29 is 33.7 Å². The van der Waals surface area contributed by atoms with Gasteiger partial charge in [0.1, 0.15) is 25.2 Å². The fraction of sp³-hybridized carbons (Fsp3) is 0.292. The van der Waals surface area contributed by atoms with Gasteiger partial charge in [-0.05, 0) is 29.8 Å². The quantitative estimate of drug-likeness (QED) is 0.410. The Morgan fingerprint density at radius 2 is 1.71 bits per heavy atom. The molecule has 184 valence electrons. The number of carbonyl (C=O) groups is 3. The molecular formula is C24H22Cl2N2O7. The van der Waals surface area contributed by atoms with Crippen molar-refractivity contribution in [2.45, 2.75) is 31.3 Å². The summed E-state index contributed by atoms with van der Waals surface area (Å²) in [5, 5.41) is 15.4. The van der Waals surface area contributed by atoms with Gasteiger partial charge in [-0.15, -0.1) is 6.42 Å². The number of rotatable bonds is 10. The Labute approximate surface area is 211 Å². The van der Waals surface area contributed by atoms with Crippen LogP contribution in [0.15, 0.2) is 42.5 Å². The van der Waals surface area contributed by atoms with E-state index in [1.807, 2.05) is 0 Å². The van der Waals surface area contributed by atoms with Crippen molar-refractivity contribution in [2.75, 3.05) is 13.3 Å². The highest BCUT2D eigenvalue weighted by Crippen LogP contribution is 2.26. The number of nitrogens with one attached hydrogen (secondary N) is 2. The minimum absolute atomic E-state index is 0.0147. The summed E-state index contributed by atoms with van der Waals surface area (Å²) in [4.78, 5) is 36.5. The number of hydrogen-bond donors (Lipinski definition) is 3. The van der Waals surface area contributed by atoms with Crippen molar-refractivity contribution in [3.8, 4) is 18.1 Å². The lowest BCUT2D eigenvalue weighted by Gasteiger charge is -2.19. The number of halogens is 2. The topological polar surface area (TPSA) is 123 Å². The Morgan fingerprint density at radius 1 is 1.09 bits per heavy atom. The molecule has 0 aromatic heterocycles. The van der Waals surface area contributed by atoms with Crippen LogP contribution >= 0.6 is 23.2 Å². The first kappa shape index (κ1) is 26.3. The fourth-order valence-electron chi connectivity index (χ4n) is 3.26. The summed E-state index contributed by atoms with van der Waals surface area (Å²) in [6.07, 6.45) is 2.55. The molecule has 0 saturated carbocycles. The second-order valence-corrected chi connectivity index (χ2v) is 8.27. The van der Waals surface area contributed by atoms with Crippen LogP contribution in [0.2, 0.25) is 10.0 Å². The molecule has 1 aliphatic rings. The standard InChI is InChI=1S/C24H22Cl2N2O7/c1-2-10-27-22(29)20-21(35-13-34-20)23(30)28-19(24(31)32)11-14-6-8-15(9-7-14)33-12-16-17(25)4-3-5-18(16)26/h1,3-9,19-21H,10-13H2,(H,27,29)(H,28,30)(H,31,32)/t19?,20-,21-/m1/s1. The number of benzene rings is 2. The van der Waals surface area contributed by atoms with Crippen LogP contribution in [0.1, 0.15) is 11.1 Å². The van der Waals surface area contributed by atoms with E-state index in [9.17, 15) is 19.5 Å². The molecule has 3 N–H and O–H groups in total. The van der Waals surface area contributed by atoms with Gasteiger partial charge in [-0.25, -0.2) is 4.79 Å². The van der Waals surface area contributed by atoms with E-state index in [1.165, 1.54) is 0 Å². The molecule has 35 heavy (non-hydrogen) atoms. The van der Waals surface area contributed by atoms with Gasteiger partial charge in [-0.3, -0.25) is 9.59 Å². The van der Waals surface area contributed by atoms with Crippen molar-refractivity contribution in [1.82, 2.24) is 10.6 Å². The lowest BCUT2D eigenvalue weighted by molar-refractivity contribution is -0.144. The SMILES string of the molecule is C#CCNC(=O)[C@@H]1OCO[C@H]1C(=O)NC(Cc1ccc(OCc2c(Cl)cccc2Cl)cc1)C(=O)O. The molecule has 1 fully saturated rings. The summed E-state index contributed by atoms with van der Waals surface area (Å²) < 4.78 is 16.0. The average molecular weight is 521 g/mol. The number of aliphatic carboxylic acids is 1. The molecule has 2 aromatic rings. The molecule has 9 nitrogen and oxygen atoms in total. The number of hydrogen-bond acceptors (Lipinski definition) is 6. The Balaban J connectivity index is 1.59. The van der Waals surface area contributed by atoms with E-state index in [4.69, 9.17) is 43.8 Å². The minimum Gasteiger partial charge on any atom is -0.489 e. The molecule has 2 aromatic carbocycles. The molecule has 2 amide bonds. The highest BCUT2D eigenvalue weighted by atomic mass is 35.5. The monoisotopic (exact) mass is 520 g/mol. The molecule has 0 bridgehead atoms. The summed E-state index contributed by atoms with van der Waals surface area (Å²) in [6.45, 7) is -0.175. The molecule has 0 spiro atoms. The van der Waals surface area contributed by atoms with Crippen molar-refractivity contribution >= 4 is 41.0 Å². The van der Waals surface area contributed by atoms with Gasteiger partial charge < -0.3 is 30.0 Å². The molecule has 11 heteroatoms. The Morgan fingerprint density at radius 3 is 2.31 bits per heavy atom. The van der Waals surface area contributed by atoms with Gasteiger partial charge in [0.05, 0.1) is 6.54 Å². The zero-order valence-electron chi connectivity index (χ0n) is 18.3. The second kappa shape index (κ2) is 12.4. The molecule has 1 unspecified atom stereocenters. The lowest BCUT2D eigenvalue weighted by Crippen LogP contribution is -2.52. The number of amides is 2. The summed E-state index contributed by atoms with van der Waals surface area (Å²) >= 11 is 12.3. The van der Waals surface area contributed by atoms with Crippen LogP contribution in [0.4, 0.5) is 0 Å². The average Bonchev–Trinajstić information content (AvgIpc) is 3.33. The van der Waals surface area contributed by atoms with Gasteiger partial charge in [0.2, 0.25) is 0 Å². The van der Waals surface area contributed by atoms with E-state index in [0.29, 0.717) is 26.9 Å². The van der Waals surface area contributed by atoms with Crippen LogP contribution in [0.5, 0.6) is 5.75 Å². The third-order valence-corrected chi connectivity index (χ3v) is 5.78. The second-order valence-electron chi connectivity index (χ2n) is 7.45. The summed E-state index contributed by atoms with van der Waals surface area (Å²) in [7, 11) is 0. The predicted molar refractivity (Wildman–Crippen MR) is 127 cm³/mol. The maximum Gasteiger partial charge on any atom is 0.326 e. The first-order valence-corrected chi connectivity index (χ1v) is 11.2. The van der Waals surface area contributed by atoms with E-state index >= 15 is 0 Å². The number of carbonyl (C=O) groups excluding carboxylic acids is 2. The summed E-state index contributed by atoms with van der Waals surface area (Å²) in [5.41, 5.74) is 1.28. The van der Waals surface area contributed by atoms with Crippen LogP contribution in [0, 0.1) is 12.3 Å². The van der Waals surface area contributed by atoms with Gasteiger partial charge in [0.25, 0.3) is 11.8 Å². The van der Waals surface area contributed by atoms with E-state index in [-0.39, 0.29) is 26.4 Å². The zero-order chi connectivity index (χ0) is 25.4. The normalized spacial score (nSPS) is 17.7. The number of carboxylic acids is 1. The highest BCUT2D eigenvalue weighted by Gasteiger charge is 2.41. The van der Waals surface area contributed by atoms with Crippen LogP contribution in [-0.4, -0.2) is 54.5 Å². The minimum atomic E-state index is -1.30. The van der Waals surface area contributed by atoms with Gasteiger partial charge in [-0.2, -0.15) is 0 Å². The smallest absolute Gasteiger partial charge is 0.326 e. The van der Waals surface area contributed by atoms with Crippen LogP contribution in [0.3, 0.4) is 0 Å². The fourth-order valence-corrected chi connectivity index (χ4v) is 3.77. The van der Waals surface area contributed by atoms with E-state index < -0.39 is 36.0 Å². The first-order chi connectivity index (χ1) is 16.8. The van der Waals surface area contributed by atoms with Gasteiger partial charge in [-0.1, -0.05) is 47.3 Å². The van der Waals surface area contributed by atoms with Crippen molar-refractivity contribution in [3.05, 3.63) is 63.6 Å². The molecule has 0 aliphatic carbocycles. The van der Waals surface area contributed by atoms with E-state index in [2.05, 4.69) is 16.6 Å². The third-order valence-electron chi connectivity index (χ3n) is 5.07. The van der Waals surface area contributed by atoms with Gasteiger partial charge in [0, 0.05) is 22.0 Å².